The first-order chi connectivity index (χ1) is 9.29. The minimum absolute atomic E-state index is 0.0609. The van der Waals surface area contributed by atoms with Gasteiger partial charge in [-0.25, -0.2) is 14.3 Å². The average Bonchev–Trinajstić information content (AvgIpc) is 3.10. The minimum atomic E-state index is -0.354. The molecule has 0 bridgehead atoms. The Morgan fingerprint density at radius 1 is 1.42 bits per heavy atom. The van der Waals surface area contributed by atoms with E-state index in [9.17, 15) is 4.79 Å². The predicted octanol–water partition coefficient (Wildman–Crippen LogP) is 1.74. The molecule has 0 amide bonds. The summed E-state index contributed by atoms with van der Waals surface area (Å²) >= 11 is 2.96. The van der Waals surface area contributed by atoms with E-state index >= 15 is 0 Å². The minimum Gasteiger partial charge on any atom is -0.245 e. The highest BCUT2D eigenvalue weighted by Gasteiger charge is 2.11. The smallest absolute Gasteiger partial charge is 0.245 e. The van der Waals surface area contributed by atoms with Gasteiger partial charge in [-0.15, -0.1) is 11.3 Å². The largest absolute Gasteiger partial charge is 0.353 e. The summed E-state index contributed by atoms with van der Waals surface area (Å²) in [4.78, 5) is 16.3. The molecule has 0 saturated carbocycles. The SMILES string of the molecule is N#CCn1ncn(-c2nc(-c3ccsc3)cs2)c1=O. The molecular weight excluding hydrogens is 282 g/mol. The summed E-state index contributed by atoms with van der Waals surface area (Å²) in [6.45, 7) is -0.0609. The van der Waals surface area contributed by atoms with Crippen LogP contribution in [0.3, 0.4) is 0 Å². The van der Waals surface area contributed by atoms with Gasteiger partial charge in [-0.3, -0.25) is 0 Å². The predicted molar refractivity (Wildman–Crippen MR) is 72.4 cm³/mol. The molecule has 0 aliphatic carbocycles. The lowest BCUT2D eigenvalue weighted by atomic mass is 10.3. The summed E-state index contributed by atoms with van der Waals surface area (Å²) in [7, 11) is 0. The third-order valence-corrected chi connectivity index (χ3v) is 3.99. The van der Waals surface area contributed by atoms with Crippen LogP contribution in [0.2, 0.25) is 0 Å². The quantitative estimate of drug-likeness (QED) is 0.736. The van der Waals surface area contributed by atoms with Gasteiger partial charge in [0.15, 0.2) is 5.13 Å². The van der Waals surface area contributed by atoms with Crippen LogP contribution in [0, 0.1) is 11.3 Å². The van der Waals surface area contributed by atoms with Crippen LogP contribution in [-0.4, -0.2) is 19.3 Å². The van der Waals surface area contributed by atoms with Gasteiger partial charge in [-0.1, -0.05) is 0 Å². The number of aromatic nitrogens is 4. The van der Waals surface area contributed by atoms with Gasteiger partial charge >= 0.3 is 5.69 Å². The zero-order valence-corrected chi connectivity index (χ0v) is 11.2. The molecule has 0 fully saturated rings. The van der Waals surface area contributed by atoms with E-state index < -0.39 is 0 Å². The molecule has 0 N–H and O–H groups in total. The fraction of sp³-hybridized carbons (Fsp3) is 0.0909. The lowest BCUT2D eigenvalue weighted by Gasteiger charge is -1.92. The molecule has 3 aromatic heterocycles. The highest BCUT2D eigenvalue weighted by atomic mass is 32.1. The lowest BCUT2D eigenvalue weighted by Crippen LogP contribution is -2.23. The zero-order chi connectivity index (χ0) is 13.2. The van der Waals surface area contributed by atoms with E-state index in [1.165, 1.54) is 22.2 Å². The van der Waals surface area contributed by atoms with Crippen molar-refractivity contribution in [2.45, 2.75) is 6.54 Å². The maximum Gasteiger partial charge on any atom is 0.353 e. The summed E-state index contributed by atoms with van der Waals surface area (Å²) in [6, 6.07) is 3.87. The first-order valence-corrected chi connectivity index (χ1v) is 7.11. The van der Waals surface area contributed by atoms with Crippen molar-refractivity contribution in [2.75, 3.05) is 0 Å². The average molecular weight is 289 g/mol. The molecule has 3 heterocycles. The number of hydrogen-bond acceptors (Lipinski definition) is 6. The van der Waals surface area contributed by atoms with Gasteiger partial charge < -0.3 is 0 Å². The second-order valence-corrected chi connectivity index (χ2v) is 5.24. The molecule has 8 heteroatoms. The maximum absolute atomic E-state index is 11.9. The second kappa shape index (κ2) is 4.79. The van der Waals surface area contributed by atoms with E-state index in [0.29, 0.717) is 5.13 Å². The van der Waals surface area contributed by atoms with Gasteiger partial charge in [0, 0.05) is 16.3 Å². The first-order valence-electron chi connectivity index (χ1n) is 5.29. The third kappa shape index (κ3) is 2.09. The Balaban J connectivity index is 2.00. The van der Waals surface area contributed by atoms with Crippen LogP contribution < -0.4 is 5.69 Å². The number of thiophene rings is 1. The standard InChI is InChI=1S/C11H7N5OS2/c12-2-3-16-11(17)15(7-13-16)10-14-9(6-19-10)8-1-4-18-5-8/h1,4-7H,3H2. The van der Waals surface area contributed by atoms with Crippen LogP contribution >= 0.6 is 22.7 Å². The molecule has 0 saturated heterocycles. The molecule has 3 rings (SSSR count). The van der Waals surface area contributed by atoms with Gasteiger partial charge in [-0.05, 0) is 11.4 Å². The molecule has 6 nitrogen and oxygen atoms in total. The molecule has 0 aliphatic heterocycles. The van der Waals surface area contributed by atoms with Crippen molar-refractivity contribution in [1.82, 2.24) is 19.3 Å². The molecule has 0 radical (unpaired) electrons. The maximum atomic E-state index is 11.9. The highest BCUT2D eigenvalue weighted by molar-refractivity contribution is 7.12. The van der Waals surface area contributed by atoms with E-state index in [2.05, 4.69) is 10.1 Å². The molecule has 19 heavy (non-hydrogen) atoms. The number of rotatable bonds is 3. The Morgan fingerprint density at radius 2 is 2.32 bits per heavy atom. The summed E-state index contributed by atoms with van der Waals surface area (Å²) in [5.74, 6) is 0. The lowest BCUT2D eigenvalue weighted by molar-refractivity contribution is 0.674. The summed E-state index contributed by atoms with van der Waals surface area (Å²) in [5.41, 5.74) is 1.51. The van der Waals surface area contributed by atoms with Crippen molar-refractivity contribution in [3.05, 3.63) is 39.0 Å². The molecule has 94 valence electrons. The van der Waals surface area contributed by atoms with Crippen LogP contribution in [0.15, 0.2) is 33.3 Å². The van der Waals surface area contributed by atoms with E-state index in [0.717, 1.165) is 15.9 Å². The Labute approximate surface area is 115 Å². The number of hydrogen-bond donors (Lipinski definition) is 0. The van der Waals surface area contributed by atoms with Gasteiger partial charge in [0.05, 0.1) is 11.8 Å². The summed E-state index contributed by atoms with van der Waals surface area (Å²) in [5, 5.41) is 18.9. The summed E-state index contributed by atoms with van der Waals surface area (Å²) in [6.07, 6.45) is 1.38. The van der Waals surface area contributed by atoms with Crippen molar-refractivity contribution >= 4 is 22.7 Å². The van der Waals surface area contributed by atoms with Crippen LogP contribution in [0.25, 0.3) is 16.4 Å². The Morgan fingerprint density at radius 3 is 3.05 bits per heavy atom. The van der Waals surface area contributed by atoms with Crippen molar-refractivity contribution in [3.63, 3.8) is 0 Å². The van der Waals surface area contributed by atoms with Crippen molar-refractivity contribution in [2.24, 2.45) is 0 Å². The van der Waals surface area contributed by atoms with E-state index in [4.69, 9.17) is 5.26 Å². The van der Waals surface area contributed by atoms with Crippen molar-refractivity contribution < 1.29 is 0 Å². The van der Waals surface area contributed by atoms with Gasteiger partial charge in [0.2, 0.25) is 0 Å². The third-order valence-electron chi connectivity index (χ3n) is 2.47. The van der Waals surface area contributed by atoms with Crippen molar-refractivity contribution in [1.29, 1.82) is 5.26 Å². The Bertz CT molecular complexity index is 790. The molecule has 0 atom stereocenters. The zero-order valence-electron chi connectivity index (χ0n) is 9.55. The van der Waals surface area contributed by atoms with E-state index in [-0.39, 0.29) is 12.2 Å². The molecule has 0 aliphatic rings. The molecule has 0 unspecified atom stereocenters. The molecule has 0 aromatic carbocycles. The van der Waals surface area contributed by atoms with Gasteiger partial charge in [0.1, 0.15) is 12.9 Å². The van der Waals surface area contributed by atoms with Gasteiger partial charge in [-0.2, -0.15) is 26.4 Å². The van der Waals surface area contributed by atoms with Crippen molar-refractivity contribution in [3.8, 4) is 22.5 Å². The molecule has 3 aromatic rings. The van der Waals surface area contributed by atoms with Crippen LogP contribution in [0.4, 0.5) is 0 Å². The van der Waals surface area contributed by atoms with Gasteiger partial charge in [0.25, 0.3) is 0 Å². The monoisotopic (exact) mass is 289 g/mol. The van der Waals surface area contributed by atoms with Crippen LogP contribution in [0.1, 0.15) is 0 Å². The van der Waals surface area contributed by atoms with E-state index in [1.54, 1.807) is 11.3 Å². The Kier molecular flexibility index (Phi) is 2.98. The molecule has 0 spiro atoms. The second-order valence-electron chi connectivity index (χ2n) is 3.63. The number of nitrogens with zero attached hydrogens (tertiary/aromatic N) is 5. The van der Waals surface area contributed by atoms with E-state index in [1.807, 2.05) is 28.3 Å². The fourth-order valence-electron chi connectivity index (χ4n) is 1.56. The number of thiazole rings is 1. The van der Waals surface area contributed by atoms with Crippen LogP contribution in [0.5, 0.6) is 0 Å². The fourth-order valence-corrected chi connectivity index (χ4v) is 3.01. The first kappa shape index (κ1) is 11.8. The summed E-state index contributed by atoms with van der Waals surface area (Å²) < 4.78 is 2.45. The topological polar surface area (TPSA) is 76.5 Å². The highest BCUT2D eigenvalue weighted by Crippen LogP contribution is 2.25. The Hall–Kier alpha value is -2.24. The van der Waals surface area contributed by atoms with Crippen LogP contribution in [-0.2, 0) is 6.54 Å². The normalized spacial score (nSPS) is 10.5. The number of nitriles is 1. The molecular formula is C11H7N5OS2.